The molecule has 1 amide bonds. The molecule has 28 heavy (non-hydrogen) atoms. The summed E-state index contributed by atoms with van der Waals surface area (Å²) in [7, 11) is -3.74. The minimum absolute atomic E-state index is 0.162. The fourth-order valence-corrected chi connectivity index (χ4v) is 4.59. The lowest BCUT2D eigenvalue weighted by atomic mass is 10.2. The van der Waals surface area contributed by atoms with Crippen LogP contribution in [0, 0.1) is 0 Å². The van der Waals surface area contributed by atoms with Gasteiger partial charge < -0.3 is 14.6 Å². The molecule has 0 fully saturated rings. The highest BCUT2D eigenvalue weighted by Gasteiger charge is 2.23. The Morgan fingerprint density at radius 3 is 2.82 bits per heavy atom. The molecule has 0 aliphatic carbocycles. The van der Waals surface area contributed by atoms with Crippen LogP contribution in [-0.2, 0) is 21.4 Å². The zero-order valence-electron chi connectivity index (χ0n) is 15.1. The lowest BCUT2D eigenvalue weighted by molar-refractivity contribution is -0.117. The van der Waals surface area contributed by atoms with E-state index < -0.39 is 22.0 Å². The Balaban J connectivity index is 1.60. The number of sulfonamides is 1. The molecule has 0 spiro atoms. The Morgan fingerprint density at radius 1 is 1.29 bits per heavy atom. The van der Waals surface area contributed by atoms with Gasteiger partial charge in [-0.1, -0.05) is 18.2 Å². The summed E-state index contributed by atoms with van der Waals surface area (Å²) in [6.07, 6.45) is 5.21. The molecule has 0 saturated heterocycles. The van der Waals surface area contributed by atoms with Crippen LogP contribution in [0.4, 0.5) is 5.69 Å². The molecule has 2 heterocycles. The van der Waals surface area contributed by atoms with Gasteiger partial charge in [0, 0.05) is 12.4 Å². The second-order valence-corrected chi connectivity index (χ2v) is 8.80. The zero-order valence-corrected chi connectivity index (χ0v) is 16.7. The molecular formula is C18H20N4O4S2. The SMILES string of the molecule is CC(NS(=O)(=O)c1cccs1)C(=O)Nc1ccccc1OCCn1ccnc1. The predicted molar refractivity (Wildman–Crippen MR) is 107 cm³/mol. The minimum Gasteiger partial charge on any atom is -0.490 e. The average Bonchev–Trinajstić information content (AvgIpc) is 3.37. The van der Waals surface area contributed by atoms with Crippen LogP contribution in [0.1, 0.15) is 6.92 Å². The number of carbonyl (C=O) groups is 1. The minimum atomic E-state index is -3.74. The molecule has 1 atom stereocenters. The van der Waals surface area contributed by atoms with E-state index >= 15 is 0 Å². The smallest absolute Gasteiger partial charge is 0.250 e. The van der Waals surface area contributed by atoms with Crippen molar-refractivity contribution in [3.05, 3.63) is 60.5 Å². The molecule has 148 valence electrons. The van der Waals surface area contributed by atoms with Crippen molar-refractivity contribution in [3.63, 3.8) is 0 Å². The van der Waals surface area contributed by atoms with E-state index in [0.717, 1.165) is 11.3 Å². The molecule has 3 rings (SSSR count). The third-order valence-electron chi connectivity index (χ3n) is 3.80. The van der Waals surface area contributed by atoms with E-state index in [0.29, 0.717) is 24.6 Å². The molecule has 2 aromatic heterocycles. The van der Waals surface area contributed by atoms with Gasteiger partial charge in [0.05, 0.1) is 24.6 Å². The number of para-hydroxylation sites is 2. The van der Waals surface area contributed by atoms with Gasteiger partial charge >= 0.3 is 0 Å². The van der Waals surface area contributed by atoms with E-state index in [2.05, 4.69) is 15.0 Å². The molecule has 2 N–H and O–H groups in total. The third-order valence-corrected chi connectivity index (χ3v) is 6.73. The maximum absolute atomic E-state index is 12.5. The van der Waals surface area contributed by atoms with Crippen LogP contribution in [0.2, 0.25) is 0 Å². The van der Waals surface area contributed by atoms with Crippen molar-refractivity contribution in [1.82, 2.24) is 14.3 Å². The quantitative estimate of drug-likeness (QED) is 0.553. The number of carbonyl (C=O) groups excluding carboxylic acids is 1. The van der Waals surface area contributed by atoms with Crippen LogP contribution < -0.4 is 14.8 Å². The summed E-state index contributed by atoms with van der Waals surface area (Å²) < 4.78 is 34.7. The Morgan fingerprint density at radius 2 is 2.11 bits per heavy atom. The first-order valence-corrected chi connectivity index (χ1v) is 10.9. The Labute approximate surface area is 167 Å². The van der Waals surface area contributed by atoms with Gasteiger partial charge in [-0.05, 0) is 30.5 Å². The first-order valence-electron chi connectivity index (χ1n) is 8.50. The van der Waals surface area contributed by atoms with E-state index in [-0.39, 0.29) is 4.21 Å². The molecule has 0 aliphatic rings. The number of aromatic nitrogens is 2. The summed E-state index contributed by atoms with van der Waals surface area (Å²) in [6.45, 7) is 2.49. The topological polar surface area (TPSA) is 102 Å². The highest BCUT2D eigenvalue weighted by atomic mass is 32.2. The summed E-state index contributed by atoms with van der Waals surface area (Å²) in [5.74, 6) is 0.0232. The molecule has 10 heteroatoms. The van der Waals surface area contributed by atoms with E-state index in [1.807, 2.05) is 10.8 Å². The summed E-state index contributed by atoms with van der Waals surface area (Å²) in [4.78, 5) is 16.4. The van der Waals surface area contributed by atoms with Crippen molar-refractivity contribution >= 4 is 33.0 Å². The molecule has 0 aliphatic heterocycles. The van der Waals surface area contributed by atoms with Gasteiger partial charge in [0.15, 0.2) is 0 Å². The molecule has 0 saturated carbocycles. The number of imidazole rings is 1. The number of rotatable bonds is 9. The number of amides is 1. The molecule has 0 radical (unpaired) electrons. The number of ether oxygens (including phenoxy) is 1. The van der Waals surface area contributed by atoms with Gasteiger partial charge in [0.1, 0.15) is 16.6 Å². The summed E-state index contributed by atoms with van der Waals surface area (Å²) in [6, 6.07) is 9.17. The van der Waals surface area contributed by atoms with Gasteiger partial charge in [-0.3, -0.25) is 4.79 Å². The van der Waals surface area contributed by atoms with Crippen LogP contribution >= 0.6 is 11.3 Å². The van der Waals surface area contributed by atoms with E-state index in [1.54, 1.807) is 48.2 Å². The van der Waals surface area contributed by atoms with E-state index in [1.165, 1.54) is 13.0 Å². The van der Waals surface area contributed by atoms with Crippen LogP contribution in [-0.4, -0.2) is 36.5 Å². The second-order valence-electron chi connectivity index (χ2n) is 5.91. The van der Waals surface area contributed by atoms with Crippen LogP contribution in [0.3, 0.4) is 0 Å². The molecular weight excluding hydrogens is 400 g/mol. The maximum Gasteiger partial charge on any atom is 0.250 e. The number of nitrogens with one attached hydrogen (secondary N) is 2. The number of thiophene rings is 1. The lowest BCUT2D eigenvalue weighted by Crippen LogP contribution is -2.41. The molecule has 0 bridgehead atoms. The summed E-state index contributed by atoms with van der Waals surface area (Å²) >= 11 is 1.09. The summed E-state index contributed by atoms with van der Waals surface area (Å²) in [5.41, 5.74) is 0.473. The van der Waals surface area contributed by atoms with E-state index in [4.69, 9.17) is 4.74 Å². The Bertz CT molecular complexity index is 1000. The fourth-order valence-electron chi connectivity index (χ4n) is 2.38. The highest BCUT2D eigenvalue weighted by Crippen LogP contribution is 2.24. The predicted octanol–water partition coefficient (Wildman–Crippen LogP) is 2.33. The molecule has 1 unspecified atom stereocenters. The molecule has 8 nitrogen and oxygen atoms in total. The standard InChI is InChI=1S/C18H20N4O4S2/c1-14(21-28(24,25)17-7-4-12-27-17)18(23)20-15-5-2-3-6-16(15)26-11-10-22-9-8-19-13-22/h2-9,12-14,21H,10-11H2,1H3,(H,20,23). The monoisotopic (exact) mass is 420 g/mol. The van der Waals surface area contributed by atoms with Gasteiger partial charge in [0.25, 0.3) is 10.0 Å². The van der Waals surface area contributed by atoms with Gasteiger partial charge in [0.2, 0.25) is 5.91 Å². The Hall–Kier alpha value is -2.69. The summed E-state index contributed by atoms with van der Waals surface area (Å²) in [5, 5.41) is 4.38. The van der Waals surface area contributed by atoms with E-state index in [9.17, 15) is 13.2 Å². The van der Waals surface area contributed by atoms with Gasteiger partial charge in [-0.25, -0.2) is 13.4 Å². The first kappa shape index (κ1) is 20.1. The second kappa shape index (κ2) is 9.00. The number of benzene rings is 1. The zero-order chi connectivity index (χ0) is 20.0. The molecule has 3 aromatic rings. The largest absolute Gasteiger partial charge is 0.490 e. The van der Waals surface area contributed by atoms with Crippen LogP contribution in [0.5, 0.6) is 5.75 Å². The van der Waals surface area contributed by atoms with Crippen molar-refractivity contribution in [2.75, 3.05) is 11.9 Å². The fraction of sp³-hybridized carbons (Fsp3) is 0.222. The lowest BCUT2D eigenvalue weighted by Gasteiger charge is -2.16. The maximum atomic E-state index is 12.5. The van der Waals surface area contributed by atoms with Gasteiger partial charge in [-0.15, -0.1) is 11.3 Å². The molecule has 1 aromatic carbocycles. The van der Waals surface area contributed by atoms with Crippen LogP contribution in [0.25, 0.3) is 0 Å². The number of hydrogen-bond donors (Lipinski definition) is 2. The number of hydrogen-bond acceptors (Lipinski definition) is 6. The van der Waals surface area contributed by atoms with Crippen molar-refractivity contribution in [3.8, 4) is 5.75 Å². The normalized spacial score (nSPS) is 12.5. The third kappa shape index (κ3) is 5.18. The van der Waals surface area contributed by atoms with Crippen molar-refractivity contribution in [2.45, 2.75) is 23.7 Å². The van der Waals surface area contributed by atoms with Crippen molar-refractivity contribution in [1.29, 1.82) is 0 Å². The van der Waals surface area contributed by atoms with Crippen LogP contribution in [0.15, 0.2) is 64.7 Å². The highest BCUT2D eigenvalue weighted by molar-refractivity contribution is 7.91. The first-order chi connectivity index (χ1) is 13.5. The van der Waals surface area contributed by atoms with Crippen molar-refractivity contribution < 1.29 is 17.9 Å². The number of anilines is 1. The Kier molecular flexibility index (Phi) is 6.45. The number of nitrogens with zero attached hydrogens (tertiary/aromatic N) is 2. The van der Waals surface area contributed by atoms with Crippen molar-refractivity contribution in [2.24, 2.45) is 0 Å². The average molecular weight is 421 g/mol. The van der Waals surface area contributed by atoms with Gasteiger partial charge in [-0.2, -0.15) is 4.72 Å².